The molecule has 0 nitrogen and oxygen atoms in total. The molecule has 0 unspecified atom stereocenters. The average molecular weight is 340 g/mol. The van der Waals surface area contributed by atoms with Crippen LogP contribution in [-0.2, 0) is 0 Å². The van der Waals surface area contributed by atoms with Gasteiger partial charge >= 0.3 is 108 Å². The van der Waals surface area contributed by atoms with Crippen LogP contribution in [0.15, 0.2) is 9.32 Å². The fourth-order valence-electron chi connectivity index (χ4n) is 1.19. The van der Waals surface area contributed by atoms with E-state index in [1.54, 1.807) is 0 Å². The zero-order valence-electron chi connectivity index (χ0n) is 11.6. The maximum atomic E-state index is 2.59. The molecule has 0 aliphatic carbocycles. The van der Waals surface area contributed by atoms with E-state index in [0.29, 0.717) is 5.41 Å². The van der Waals surface area contributed by atoms with Crippen molar-refractivity contribution in [2.24, 2.45) is 5.41 Å². The number of hydrogen-bond donors (Lipinski definition) is 0. The molecule has 0 atom stereocenters. The van der Waals surface area contributed by atoms with Crippen LogP contribution in [0.1, 0.15) is 40.5 Å². The summed E-state index contributed by atoms with van der Waals surface area (Å²) in [7, 11) is -1.03. The molecule has 0 N–H and O–H groups in total. The molecule has 0 saturated heterocycles. The average Bonchev–Trinajstić information content (AvgIpc) is 1.99. The van der Waals surface area contributed by atoms with Crippen molar-refractivity contribution in [3.05, 3.63) is 9.32 Å². The Bertz CT molecular complexity index is 206. The Morgan fingerprint density at radius 3 is 2.07 bits per heavy atom. The van der Waals surface area contributed by atoms with Gasteiger partial charge in [-0.2, -0.15) is 0 Å². The monoisotopic (exact) mass is 342 g/mol. The van der Waals surface area contributed by atoms with Crippen LogP contribution in [0, 0.1) is 5.41 Å². The first-order chi connectivity index (χ1) is 6.67. The Labute approximate surface area is 108 Å². The number of rotatable bonds is 5. The van der Waals surface area contributed by atoms with Crippen molar-refractivity contribution < 1.29 is 0 Å². The van der Waals surface area contributed by atoms with Gasteiger partial charge in [-0.1, -0.05) is 0 Å². The summed E-state index contributed by atoms with van der Waals surface area (Å²) >= 11 is 0.135. The van der Waals surface area contributed by atoms with Crippen LogP contribution < -0.4 is 0 Å². The predicted molar refractivity (Wildman–Crippen MR) is 76.4 cm³/mol. The van der Waals surface area contributed by atoms with Crippen LogP contribution in [-0.4, -0.2) is 29.0 Å². The first-order valence-electron chi connectivity index (χ1n) is 6.03. The second-order valence-corrected chi connectivity index (χ2v) is 15.7. The molecule has 0 aliphatic heterocycles. The summed E-state index contributed by atoms with van der Waals surface area (Å²) in [4.78, 5) is 0. The predicted octanol–water partition coefficient (Wildman–Crippen LogP) is 4.72. The SMILES string of the molecule is CCCC[Te]/C(=C\C(C)(C)C)[Si](C)(C)C. The van der Waals surface area contributed by atoms with Crippen LogP contribution >= 0.6 is 0 Å². The Morgan fingerprint density at radius 2 is 1.73 bits per heavy atom. The van der Waals surface area contributed by atoms with Crippen molar-refractivity contribution in [1.29, 1.82) is 0 Å². The van der Waals surface area contributed by atoms with Gasteiger partial charge in [-0.15, -0.1) is 0 Å². The van der Waals surface area contributed by atoms with Crippen molar-refractivity contribution >= 4 is 29.0 Å². The summed E-state index contributed by atoms with van der Waals surface area (Å²) in [6.45, 7) is 16.8. The first kappa shape index (κ1) is 15.7. The molecule has 0 aromatic heterocycles. The van der Waals surface area contributed by atoms with Gasteiger partial charge in [0, 0.05) is 0 Å². The molecule has 2 heteroatoms. The van der Waals surface area contributed by atoms with E-state index in [-0.39, 0.29) is 20.9 Å². The van der Waals surface area contributed by atoms with Gasteiger partial charge in [0.05, 0.1) is 0 Å². The van der Waals surface area contributed by atoms with Gasteiger partial charge in [-0.25, -0.2) is 0 Å². The Morgan fingerprint density at radius 1 is 1.20 bits per heavy atom. The van der Waals surface area contributed by atoms with Gasteiger partial charge in [-0.05, 0) is 0 Å². The summed E-state index contributed by atoms with van der Waals surface area (Å²) in [6.07, 6.45) is 5.39. The van der Waals surface area contributed by atoms with Gasteiger partial charge in [0.1, 0.15) is 0 Å². The molecular formula is C13H28SiTe. The Hall–Kier alpha value is 0.746. The molecule has 90 valence electrons. The van der Waals surface area contributed by atoms with Gasteiger partial charge in [0.2, 0.25) is 0 Å². The van der Waals surface area contributed by atoms with Crippen molar-refractivity contribution in [1.82, 2.24) is 0 Å². The van der Waals surface area contributed by atoms with E-state index >= 15 is 0 Å². The van der Waals surface area contributed by atoms with Crippen LogP contribution in [0.3, 0.4) is 0 Å². The molecule has 0 aromatic carbocycles. The summed E-state index contributed by atoms with van der Waals surface area (Å²) < 4.78 is 3.40. The molecule has 0 aromatic rings. The molecule has 0 fully saturated rings. The molecule has 0 saturated carbocycles. The Balaban J connectivity index is 4.54. The van der Waals surface area contributed by atoms with E-state index in [1.807, 2.05) is 3.24 Å². The van der Waals surface area contributed by atoms with Crippen molar-refractivity contribution in [3.8, 4) is 0 Å². The minimum absolute atomic E-state index is 0.135. The fraction of sp³-hybridized carbons (Fsp3) is 0.846. The van der Waals surface area contributed by atoms with E-state index < -0.39 is 8.07 Å². The van der Waals surface area contributed by atoms with Gasteiger partial charge < -0.3 is 0 Å². The third kappa shape index (κ3) is 8.54. The van der Waals surface area contributed by atoms with Crippen molar-refractivity contribution in [2.75, 3.05) is 0 Å². The molecule has 0 heterocycles. The third-order valence-corrected chi connectivity index (χ3v) is 12.5. The first-order valence-corrected chi connectivity index (χ1v) is 12.3. The van der Waals surface area contributed by atoms with E-state index in [1.165, 1.54) is 17.3 Å². The maximum absolute atomic E-state index is 2.59. The van der Waals surface area contributed by atoms with E-state index in [0.717, 1.165) is 0 Å². The number of unbranched alkanes of at least 4 members (excludes halogenated alkanes) is 1. The second-order valence-electron chi connectivity index (χ2n) is 6.33. The normalized spacial score (nSPS) is 14.5. The molecule has 0 amide bonds. The summed E-state index contributed by atoms with van der Waals surface area (Å²) in [6, 6.07) is 0. The molecule has 0 spiro atoms. The van der Waals surface area contributed by atoms with E-state index in [4.69, 9.17) is 0 Å². The van der Waals surface area contributed by atoms with E-state index in [9.17, 15) is 0 Å². The van der Waals surface area contributed by atoms with Crippen LogP contribution in [0.25, 0.3) is 0 Å². The molecule has 15 heavy (non-hydrogen) atoms. The van der Waals surface area contributed by atoms with Crippen LogP contribution in [0.5, 0.6) is 0 Å². The fourth-order valence-corrected chi connectivity index (χ4v) is 10.00. The summed E-state index contributed by atoms with van der Waals surface area (Å²) in [5.41, 5.74) is 0.382. The molecule has 0 bridgehead atoms. The zero-order valence-corrected chi connectivity index (χ0v) is 14.9. The molecule has 0 radical (unpaired) electrons. The molecule has 0 aliphatic rings. The van der Waals surface area contributed by atoms with Crippen LogP contribution in [0.4, 0.5) is 0 Å². The topological polar surface area (TPSA) is 0 Å². The third-order valence-electron chi connectivity index (χ3n) is 2.06. The second kappa shape index (κ2) is 6.47. The van der Waals surface area contributed by atoms with Gasteiger partial charge in [0.25, 0.3) is 0 Å². The summed E-state index contributed by atoms with van der Waals surface area (Å²) in [5.74, 6) is 0. The van der Waals surface area contributed by atoms with Gasteiger partial charge in [-0.3, -0.25) is 0 Å². The van der Waals surface area contributed by atoms with Crippen molar-refractivity contribution in [2.45, 2.75) is 64.6 Å². The minimum atomic E-state index is -1.03. The van der Waals surface area contributed by atoms with Crippen molar-refractivity contribution in [3.63, 3.8) is 0 Å². The standard InChI is InChI=1S/C13H28SiTe/c1-8-9-10-15-12(14(5,6)7)11-13(2,3)4/h11H,8-10H2,1-7H3/b12-11-. The zero-order chi connectivity index (χ0) is 12.1. The quantitative estimate of drug-likeness (QED) is 0.502. The number of allylic oxidation sites excluding steroid dienone is 1. The Kier molecular flexibility index (Phi) is 6.80. The molecular weight excluding hydrogens is 312 g/mol. The van der Waals surface area contributed by atoms with Gasteiger partial charge in [0.15, 0.2) is 0 Å². The molecule has 0 rings (SSSR count). The van der Waals surface area contributed by atoms with Crippen LogP contribution in [0.2, 0.25) is 24.1 Å². The van der Waals surface area contributed by atoms with E-state index in [2.05, 4.69) is 53.4 Å². The number of hydrogen-bond acceptors (Lipinski definition) is 0. The summed E-state index contributed by atoms with van der Waals surface area (Å²) in [5, 5.41) is 0.